The molecule has 0 aliphatic heterocycles. The summed E-state index contributed by atoms with van der Waals surface area (Å²) in [5, 5.41) is 0. The highest BCUT2D eigenvalue weighted by molar-refractivity contribution is 7.17. The van der Waals surface area contributed by atoms with Crippen LogP contribution in [0.2, 0.25) is 0 Å². The third-order valence-electron chi connectivity index (χ3n) is 4.25. The van der Waals surface area contributed by atoms with Gasteiger partial charge in [-0.1, -0.05) is 19.1 Å². The van der Waals surface area contributed by atoms with E-state index in [1.807, 2.05) is 11.8 Å². The molecule has 1 fully saturated rings. The molecule has 1 aliphatic rings. The number of hydrogen-bond acceptors (Lipinski definition) is 2. The van der Waals surface area contributed by atoms with E-state index in [1.54, 1.807) is 18.2 Å². The van der Waals surface area contributed by atoms with Gasteiger partial charge in [0.05, 0.1) is 10.4 Å². The minimum absolute atomic E-state index is 0.0167. The van der Waals surface area contributed by atoms with E-state index in [2.05, 4.69) is 0 Å². The molecule has 0 N–H and O–H groups in total. The van der Waals surface area contributed by atoms with Crippen LogP contribution in [-0.4, -0.2) is 23.9 Å². The fourth-order valence-electron chi connectivity index (χ4n) is 2.77. The second-order valence-corrected chi connectivity index (χ2v) is 7.52. The van der Waals surface area contributed by atoms with Gasteiger partial charge in [-0.15, -0.1) is 11.3 Å². The third kappa shape index (κ3) is 4.42. The van der Waals surface area contributed by atoms with Gasteiger partial charge in [0, 0.05) is 18.0 Å². The Morgan fingerprint density at radius 3 is 2.64 bits per heavy atom. The van der Waals surface area contributed by atoms with E-state index in [-0.39, 0.29) is 5.91 Å². The van der Waals surface area contributed by atoms with Crippen LogP contribution in [0.1, 0.15) is 41.4 Å². The lowest BCUT2D eigenvalue weighted by molar-refractivity contribution is -0.137. The molecule has 0 unspecified atom stereocenters. The monoisotopic (exact) mass is 367 g/mol. The minimum atomic E-state index is -4.37. The van der Waals surface area contributed by atoms with Crippen LogP contribution in [0.5, 0.6) is 0 Å². The summed E-state index contributed by atoms with van der Waals surface area (Å²) in [7, 11) is 0. The average Bonchev–Trinajstić information content (AvgIpc) is 3.25. The minimum Gasteiger partial charge on any atom is -0.338 e. The summed E-state index contributed by atoms with van der Waals surface area (Å²) in [6.45, 7) is 3.53. The van der Waals surface area contributed by atoms with Gasteiger partial charge in [-0.3, -0.25) is 4.79 Å². The molecule has 0 spiro atoms. The summed E-state index contributed by atoms with van der Waals surface area (Å²) >= 11 is 1.26. The van der Waals surface area contributed by atoms with Crippen molar-refractivity contribution in [2.75, 3.05) is 13.1 Å². The molecular weight excluding hydrogens is 347 g/mol. The summed E-state index contributed by atoms with van der Waals surface area (Å²) in [6.07, 6.45) is -1.13. The standard InChI is InChI=1S/C19H20F3NOS/c1-2-10-23(12-13-6-7-13)18(24)17-9-8-16(25-17)14-4-3-5-15(11-14)19(20,21)22/h3-5,8-9,11,13H,2,6-7,10,12H2,1H3. The maximum Gasteiger partial charge on any atom is 0.416 e. The Bertz CT molecular complexity index is 749. The predicted octanol–water partition coefficient (Wildman–Crippen LogP) is 5.70. The first-order valence-electron chi connectivity index (χ1n) is 8.45. The first kappa shape index (κ1) is 18.0. The largest absolute Gasteiger partial charge is 0.416 e. The fourth-order valence-corrected chi connectivity index (χ4v) is 3.74. The zero-order valence-electron chi connectivity index (χ0n) is 14.0. The molecule has 1 aromatic carbocycles. The number of hydrogen-bond donors (Lipinski definition) is 0. The second kappa shape index (κ2) is 7.20. The van der Waals surface area contributed by atoms with Crippen LogP contribution in [0.3, 0.4) is 0 Å². The first-order chi connectivity index (χ1) is 11.9. The van der Waals surface area contributed by atoms with Crippen LogP contribution >= 0.6 is 11.3 Å². The van der Waals surface area contributed by atoms with Crippen molar-refractivity contribution < 1.29 is 18.0 Å². The van der Waals surface area contributed by atoms with Gasteiger partial charge in [-0.25, -0.2) is 0 Å². The fraction of sp³-hybridized carbons (Fsp3) is 0.421. The molecule has 0 bridgehead atoms. The van der Waals surface area contributed by atoms with Crippen molar-refractivity contribution in [1.29, 1.82) is 0 Å². The van der Waals surface area contributed by atoms with Crippen molar-refractivity contribution in [3.63, 3.8) is 0 Å². The van der Waals surface area contributed by atoms with Gasteiger partial charge >= 0.3 is 6.18 Å². The molecule has 0 atom stereocenters. The molecule has 2 aromatic rings. The molecule has 1 aromatic heterocycles. The Kier molecular flexibility index (Phi) is 5.18. The topological polar surface area (TPSA) is 20.3 Å². The number of halogens is 3. The van der Waals surface area contributed by atoms with E-state index < -0.39 is 11.7 Å². The number of thiophene rings is 1. The molecule has 1 aliphatic carbocycles. The summed E-state index contributed by atoms with van der Waals surface area (Å²) in [6, 6.07) is 8.68. The summed E-state index contributed by atoms with van der Waals surface area (Å²) in [5.41, 5.74) is -0.185. The van der Waals surface area contributed by atoms with Gasteiger partial charge in [0.1, 0.15) is 0 Å². The maximum atomic E-state index is 12.9. The molecule has 1 amide bonds. The smallest absolute Gasteiger partial charge is 0.338 e. The van der Waals surface area contributed by atoms with Crippen LogP contribution in [0, 0.1) is 5.92 Å². The van der Waals surface area contributed by atoms with Gasteiger partial charge in [0.2, 0.25) is 0 Å². The van der Waals surface area contributed by atoms with Crippen molar-refractivity contribution >= 4 is 17.2 Å². The zero-order valence-corrected chi connectivity index (χ0v) is 14.8. The van der Waals surface area contributed by atoms with Gasteiger partial charge in [-0.2, -0.15) is 13.2 Å². The van der Waals surface area contributed by atoms with Crippen LogP contribution < -0.4 is 0 Å². The van der Waals surface area contributed by atoms with Gasteiger partial charge in [0.15, 0.2) is 0 Å². The Morgan fingerprint density at radius 1 is 1.24 bits per heavy atom. The molecule has 25 heavy (non-hydrogen) atoms. The Morgan fingerprint density at radius 2 is 2.00 bits per heavy atom. The highest BCUT2D eigenvalue weighted by atomic mass is 32.1. The van der Waals surface area contributed by atoms with Crippen molar-refractivity contribution in [1.82, 2.24) is 4.90 Å². The molecule has 0 radical (unpaired) electrons. The number of alkyl halides is 3. The molecule has 134 valence electrons. The molecule has 2 nitrogen and oxygen atoms in total. The van der Waals surface area contributed by atoms with E-state index in [0.717, 1.165) is 25.1 Å². The van der Waals surface area contributed by atoms with Gasteiger partial charge in [-0.05, 0) is 55.0 Å². The lowest BCUT2D eigenvalue weighted by atomic mass is 10.1. The van der Waals surface area contributed by atoms with Crippen molar-refractivity contribution in [2.45, 2.75) is 32.4 Å². The normalized spacial score (nSPS) is 14.6. The number of amides is 1. The molecule has 1 saturated carbocycles. The quantitative estimate of drug-likeness (QED) is 0.642. The SMILES string of the molecule is CCCN(CC1CC1)C(=O)c1ccc(-c2cccc(C(F)(F)F)c2)s1. The van der Waals surface area contributed by atoms with E-state index in [4.69, 9.17) is 0 Å². The van der Waals surface area contributed by atoms with Gasteiger partial charge < -0.3 is 4.90 Å². The molecule has 0 saturated heterocycles. The third-order valence-corrected chi connectivity index (χ3v) is 5.37. The van der Waals surface area contributed by atoms with E-state index >= 15 is 0 Å². The van der Waals surface area contributed by atoms with E-state index in [9.17, 15) is 18.0 Å². The van der Waals surface area contributed by atoms with Crippen LogP contribution in [-0.2, 0) is 6.18 Å². The number of nitrogens with zero attached hydrogens (tertiary/aromatic N) is 1. The highest BCUT2D eigenvalue weighted by Gasteiger charge is 2.31. The number of carbonyl (C=O) groups excluding carboxylic acids is 1. The van der Waals surface area contributed by atoms with E-state index in [0.29, 0.717) is 27.8 Å². The molecule has 1 heterocycles. The van der Waals surface area contributed by atoms with E-state index in [1.165, 1.54) is 30.2 Å². The Balaban J connectivity index is 1.80. The van der Waals surface area contributed by atoms with Crippen molar-refractivity contribution in [3.8, 4) is 10.4 Å². The highest BCUT2D eigenvalue weighted by Crippen LogP contribution is 2.35. The Hall–Kier alpha value is -1.82. The average molecular weight is 367 g/mol. The molecule has 6 heteroatoms. The summed E-state index contributed by atoms with van der Waals surface area (Å²) in [4.78, 5) is 15.9. The van der Waals surface area contributed by atoms with Crippen LogP contribution in [0.25, 0.3) is 10.4 Å². The lowest BCUT2D eigenvalue weighted by Gasteiger charge is -2.21. The second-order valence-electron chi connectivity index (χ2n) is 6.44. The van der Waals surface area contributed by atoms with Crippen LogP contribution in [0.15, 0.2) is 36.4 Å². The molecular formula is C19H20F3NOS. The van der Waals surface area contributed by atoms with Gasteiger partial charge in [0.25, 0.3) is 5.91 Å². The maximum absolute atomic E-state index is 12.9. The zero-order chi connectivity index (χ0) is 18.0. The Labute approximate surface area is 149 Å². The summed E-state index contributed by atoms with van der Waals surface area (Å²) < 4.78 is 38.6. The molecule has 3 rings (SSSR count). The van der Waals surface area contributed by atoms with Crippen molar-refractivity contribution in [3.05, 3.63) is 46.8 Å². The predicted molar refractivity (Wildman–Crippen MR) is 93.7 cm³/mol. The number of carbonyl (C=O) groups is 1. The lowest BCUT2D eigenvalue weighted by Crippen LogP contribution is -2.33. The number of benzene rings is 1. The first-order valence-corrected chi connectivity index (χ1v) is 9.27. The van der Waals surface area contributed by atoms with Crippen molar-refractivity contribution in [2.24, 2.45) is 5.92 Å². The number of rotatable bonds is 6. The summed E-state index contributed by atoms with van der Waals surface area (Å²) in [5.74, 6) is 0.593. The van der Waals surface area contributed by atoms with Crippen LogP contribution in [0.4, 0.5) is 13.2 Å².